The summed E-state index contributed by atoms with van der Waals surface area (Å²) < 4.78 is 25.8. The van der Waals surface area contributed by atoms with Crippen LogP contribution in [0.4, 0.5) is 0 Å². The molecule has 3 atom stereocenters. The second-order valence-electron chi connectivity index (χ2n) is 5.99. The number of fused-ring (bicyclic) bond motifs is 2. The summed E-state index contributed by atoms with van der Waals surface area (Å²) in [5, 5.41) is 3.07. The summed E-state index contributed by atoms with van der Waals surface area (Å²) in [7, 11) is -2.16. The molecule has 2 saturated carbocycles. The van der Waals surface area contributed by atoms with Crippen LogP contribution in [0.2, 0.25) is 0 Å². The molecule has 2 fully saturated rings. The van der Waals surface area contributed by atoms with Gasteiger partial charge in [-0.3, -0.25) is 4.79 Å². The standard InChI is InChI=1S/C15H20N2O3S/c1-16-21(19,20)13-4-2-3-12(9-13)15(18)17-14-8-10-5-6-11(14)7-10/h2-4,9-11,14,16H,5-8H2,1H3,(H,17,18)/t10-,11+,14-/m0/s1. The van der Waals surface area contributed by atoms with E-state index in [1.54, 1.807) is 12.1 Å². The number of nitrogens with one attached hydrogen (secondary N) is 2. The van der Waals surface area contributed by atoms with Gasteiger partial charge < -0.3 is 5.32 Å². The molecule has 0 spiro atoms. The second kappa shape index (κ2) is 5.42. The monoisotopic (exact) mass is 308 g/mol. The van der Waals surface area contributed by atoms with Crippen LogP contribution in [0, 0.1) is 11.8 Å². The topological polar surface area (TPSA) is 75.3 Å². The fourth-order valence-electron chi connectivity index (χ4n) is 3.60. The molecule has 6 heteroatoms. The third-order valence-electron chi connectivity index (χ3n) is 4.73. The summed E-state index contributed by atoms with van der Waals surface area (Å²) >= 11 is 0. The molecule has 0 saturated heterocycles. The number of hydrogen-bond donors (Lipinski definition) is 2. The molecule has 0 heterocycles. The van der Waals surface area contributed by atoms with Crippen molar-refractivity contribution in [1.29, 1.82) is 0 Å². The minimum atomic E-state index is -3.52. The highest BCUT2D eigenvalue weighted by Gasteiger charge is 2.40. The van der Waals surface area contributed by atoms with Crippen LogP contribution in [0.15, 0.2) is 29.2 Å². The van der Waals surface area contributed by atoms with Crippen molar-refractivity contribution in [1.82, 2.24) is 10.0 Å². The van der Waals surface area contributed by atoms with Crippen molar-refractivity contribution in [2.45, 2.75) is 36.6 Å². The first-order valence-corrected chi connectivity index (χ1v) is 8.82. The van der Waals surface area contributed by atoms with Gasteiger partial charge in [0, 0.05) is 11.6 Å². The highest BCUT2D eigenvalue weighted by molar-refractivity contribution is 7.89. The molecule has 0 radical (unpaired) electrons. The normalized spacial score (nSPS) is 27.8. The van der Waals surface area contributed by atoms with E-state index in [1.807, 2.05) is 0 Å². The Morgan fingerprint density at radius 3 is 2.67 bits per heavy atom. The van der Waals surface area contributed by atoms with E-state index in [1.165, 1.54) is 38.4 Å². The lowest BCUT2D eigenvalue weighted by Gasteiger charge is -2.23. The van der Waals surface area contributed by atoms with Gasteiger partial charge in [0.25, 0.3) is 5.91 Å². The Kier molecular flexibility index (Phi) is 3.75. The van der Waals surface area contributed by atoms with Crippen LogP contribution in [-0.2, 0) is 10.0 Å². The van der Waals surface area contributed by atoms with E-state index >= 15 is 0 Å². The molecule has 0 aliphatic heterocycles. The van der Waals surface area contributed by atoms with Crippen molar-refractivity contribution in [3.8, 4) is 0 Å². The number of sulfonamides is 1. The first-order valence-electron chi connectivity index (χ1n) is 7.34. The Morgan fingerprint density at radius 2 is 2.05 bits per heavy atom. The van der Waals surface area contributed by atoms with Gasteiger partial charge in [0.15, 0.2) is 0 Å². The lowest BCUT2D eigenvalue weighted by molar-refractivity contribution is 0.0922. The summed E-state index contributed by atoms with van der Waals surface area (Å²) in [5.41, 5.74) is 0.397. The zero-order chi connectivity index (χ0) is 15.0. The summed E-state index contributed by atoms with van der Waals surface area (Å²) in [5.74, 6) is 1.18. The second-order valence-corrected chi connectivity index (χ2v) is 7.88. The van der Waals surface area contributed by atoms with Crippen molar-refractivity contribution in [2.75, 3.05) is 7.05 Å². The molecular weight excluding hydrogens is 288 g/mol. The number of carbonyl (C=O) groups is 1. The largest absolute Gasteiger partial charge is 0.349 e. The first-order chi connectivity index (χ1) is 9.99. The van der Waals surface area contributed by atoms with E-state index in [-0.39, 0.29) is 16.8 Å². The van der Waals surface area contributed by atoms with E-state index < -0.39 is 10.0 Å². The molecule has 0 unspecified atom stereocenters. The molecule has 1 amide bonds. The van der Waals surface area contributed by atoms with E-state index in [4.69, 9.17) is 0 Å². The van der Waals surface area contributed by atoms with Crippen LogP contribution >= 0.6 is 0 Å². The number of benzene rings is 1. The lowest BCUT2D eigenvalue weighted by atomic mass is 9.95. The van der Waals surface area contributed by atoms with Crippen LogP contribution in [0.3, 0.4) is 0 Å². The molecule has 2 bridgehead atoms. The quantitative estimate of drug-likeness (QED) is 0.885. The average Bonchev–Trinajstić information content (AvgIpc) is 3.10. The molecule has 2 aliphatic rings. The van der Waals surface area contributed by atoms with E-state index in [0.717, 1.165) is 12.3 Å². The summed E-state index contributed by atoms with van der Waals surface area (Å²) in [4.78, 5) is 12.4. The van der Waals surface area contributed by atoms with Gasteiger partial charge in [0.05, 0.1) is 4.90 Å². The van der Waals surface area contributed by atoms with Gasteiger partial charge in [-0.05, 0) is 56.3 Å². The third kappa shape index (κ3) is 2.82. The van der Waals surface area contributed by atoms with Crippen molar-refractivity contribution in [3.63, 3.8) is 0 Å². The highest BCUT2D eigenvalue weighted by Crippen LogP contribution is 2.44. The number of rotatable bonds is 4. The van der Waals surface area contributed by atoms with Crippen LogP contribution in [-0.4, -0.2) is 27.4 Å². The predicted molar refractivity (Wildman–Crippen MR) is 79.4 cm³/mol. The SMILES string of the molecule is CNS(=O)(=O)c1cccc(C(=O)N[C@H]2C[C@H]3CC[C@@H]2C3)c1. The minimum absolute atomic E-state index is 0.116. The van der Waals surface area contributed by atoms with E-state index in [2.05, 4.69) is 10.0 Å². The smallest absolute Gasteiger partial charge is 0.251 e. The lowest BCUT2D eigenvalue weighted by Crippen LogP contribution is -2.38. The molecule has 114 valence electrons. The predicted octanol–water partition coefficient (Wildman–Crippen LogP) is 1.51. The van der Waals surface area contributed by atoms with Gasteiger partial charge in [-0.25, -0.2) is 13.1 Å². The average molecular weight is 308 g/mol. The fourth-order valence-corrected chi connectivity index (χ4v) is 4.37. The van der Waals surface area contributed by atoms with Gasteiger partial charge >= 0.3 is 0 Å². The highest BCUT2D eigenvalue weighted by atomic mass is 32.2. The van der Waals surface area contributed by atoms with Crippen molar-refractivity contribution in [2.24, 2.45) is 11.8 Å². The zero-order valence-electron chi connectivity index (χ0n) is 12.0. The molecular formula is C15H20N2O3S. The minimum Gasteiger partial charge on any atom is -0.349 e. The summed E-state index contributed by atoms with van der Waals surface area (Å²) in [6.45, 7) is 0. The number of carbonyl (C=O) groups excluding carboxylic acids is 1. The Labute approximate surface area is 125 Å². The summed E-state index contributed by atoms with van der Waals surface area (Å²) in [6.07, 6.45) is 4.76. The molecule has 21 heavy (non-hydrogen) atoms. The Morgan fingerprint density at radius 1 is 1.24 bits per heavy atom. The van der Waals surface area contributed by atoms with Gasteiger partial charge in [0.2, 0.25) is 10.0 Å². The van der Waals surface area contributed by atoms with Crippen LogP contribution < -0.4 is 10.0 Å². The molecule has 3 rings (SSSR count). The third-order valence-corrected chi connectivity index (χ3v) is 6.14. The van der Waals surface area contributed by atoms with Gasteiger partial charge in [-0.2, -0.15) is 0 Å². The maximum absolute atomic E-state index is 12.3. The van der Waals surface area contributed by atoms with Crippen LogP contribution in [0.5, 0.6) is 0 Å². The van der Waals surface area contributed by atoms with Crippen LogP contribution in [0.1, 0.15) is 36.0 Å². The molecule has 1 aromatic rings. The van der Waals surface area contributed by atoms with Gasteiger partial charge in [0.1, 0.15) is 0 Å². The summed E-state index contributed by atoms with van der Waals surface area (Å²) in [6, 6.07) is 6.41. The van der Waals surface area contributed by atoms with E-state index in [0.29, 0.717) is 11.5 Å². The van der Waals surface area contributed by atoms with Crippen LogP contribution in [0.25, 0.3) is 0 Å². The fraction of sp³-hybridized carbons (Fsp3) is 0.533. The van der Waals surface area contributed by atoms with E-state index in [9.17, 15) is 13.2 Å². The maximum atomic E-state index is 12.3. The molecule has 2 N–H and O–H groups in total. The number of hydrogen-bond acceptors (Lipinski definition) is 3. The van der Waals surface area contributed by atoms with Gasteiger partial charge in [-0.1, -0.05) is 12.5 Å². The van der Waals surface area contributed by atoms with Gasteiger partial charge in [-0.15, -0.1) is 0 Å². The molecule has 1 aromatic carbocycles. The van der Waals surface area contributed by atoms with Crippen molar-refractivity contribution < 1.29 is 13.2 Å². The van der Waals surface area contributed by atoms with Crippen molar-refractivity contribution in [3.05, 3.63) is 29.8 Å². The Hall–Kier alpha value is -1.40. The Bertz CT molecular complexity index is 657. The first kappa shape index (κ1) is 14.5. The Balaban J connectivity index is 1.75. The number of amides is 1. The molecule has 2 aliphatic carbocycles. The molecule has 0 aromatic heterocycles. The zero-order valence-corrected chi connectivity index (χ0v) is 12.8. The van der Waals surface area contributed by atoms with Crippen molar-refractivity contribution >= 4 is 15.9 Å². The molecule has 5 nitrogen and oxygen atoms in total. The maximum Gasteiger partial charge on any atom is 0.251 e.